The van der Waals surface area contributed by atoms with Crippen molar-refractivity contribution in [2.45, 2.75) is 12.8 Å². The summed E-state index contributed by atoms with van der Waals surface area (Å²) in [4.78, 5) is 11.7. The lowest BCUT2D eigenvalue weighted by atomic mass is 10.1. The van der Waals surface area contributed by atoms with Gasteiger partial charge in [0.25, 0.3) is 0 Å². The van der Waals surface area contributed by atoms with Gasteiger partial charge in [0.1, 0.15) is 11.6 Å². The van der Waals surface area contributed by atoms with Crippen molar-refractivity contribution in [2.75, 3.05) is 18.4 Å². The van der Waals surface area contributed by atoms with Crippen LogP contribution in [0.25, 0.3) is 0 Å². The number of nitrogens with one attached hydrogen (secondary N) is 2. The van der Waals surface area contributed by atoms with Crippen LogP contribution in [0, 0.1) is 11.6 Å². The molecular formula is C17H17ClF2N2O. The number of amides is 1. The van der Waals surface area contributed by atoms with E-state index in [0.29, 0.717) is 30.8 Å². The molecule has 0 saturated carbocycles. The Hall–Kier alpha value is -1.98. The predicted octanol–water partition coefficient (Wildman–Crippen LogP) is 3.78. The molecule has 0 saturated heterocycles. The van der Waals surface area contributed by atoms with Crippen LogP contribution < -0.4 is 10.6 Å². The molecule has 0 heterocycles. The molecule has 0 radical (unpaired) electrons. The normalized spacial score (nSPS) is 10.6. The Morgan fingerprint density at radius 2 is 1.83 bits per heavy atom. The zero-order valence-electron chi connectivity index (χ0n) is 12.4. The fourth-order valence-electron chi connectivity index (χ4n) is 2.05. The van der Waals surface area contributed by atoms with Crippen LogP contribution in [0.1, 0.15) is 12.0 Å². The van der Waals surface area contributed by atoms with Gasteiger partial charge in [0.15, 0.2) is 0 Å². The maximum atomic E-state index is 13.4. The van der Waals surface area contributed by atoms with Crippen molar-refractivity contribution in [1.29, 1.82) is 0 Å². The number of anilines is 1. The van der Waals surface area contributed by atoms with E-state index in [1.54, 1.807) is 18.2 Å². The van der Waals surface area contributed by atoms with Crippen molar-refractivity contribution in [3.8, 4) is 0 Å². The van der Waals surface area contributed by atoms with Gasteiger partial charge in [-0.1, -0.05) is 29.8 Å². The lowest BCUT2D eigenvalue weighted by molar-refractivity contribution is -0.116. The number of halogens is 3. The van der Waals surface area contributed by atoms with Crippen LogP contribution in [0.3, 0.4) is 0 Å². The topological polar surface area (TPSA) is 41.1 Å². The number of benzene rings is 2. The fourth-order valence-corrected chi connectivity index (χ4v) is 2.23. The van der Waals surface area contributed by atoms with E-state index in [0.717, 1.165) is 0 Å². The molecule has 0 bridgehead atoms. The third kappa shape index (κ3) is 5.62. The molecule has 0 atom stereocenters. The molecule has 0 aliphatic rings. The van der Waals surface area contributed by atoms with Gasteiger partial charge >= 0.3 is 0 Å². The van der Waals surface area contributed by atoms with Crippen LogP contribution in [0.2, 0.25) is 5.02 Å². The van der Waals surface area contributed by atoms with Crippen molar-refractivity contribution in [3.63, 3.8) is 0 Å². The first-order valence-corrected chi connectivity index (χ1v) is 7.63. The molecule has 0 spiro atoms. The minimum atomic E-state index is -0.528. The summed E-state index contributed by atoms with van der Waals surface area (Å²) >= 11 is 5.64. The molecule has 2 N–H and O–H groups in total. The van der Waals surface area contributed by atoms with Crippen LogP contribution in [-0.4, -0.2) is 19.0 Å². The van der Waals surface area contributed by atoms with E-state index in [1.807, 2.05) is 0 Å². The molecule has 0 aromatic heterocycles. The monoisotopic (exact) mass is 338 g/mol. The van der Waals surface area contributed by atoms with Crippen LogP contribution in [0.4, 0.5) is 14.5 Å². The lowest BCUT2D eigenvalue weighted by Gasteiger charge is -2.07. The molecule has 23 heavy (non-hydrogen) atoms. The standard InChI is InChI=1S/C17H17ClF2N2O/c18-14-11-13(5-6-16(14)20)22-17(23)8-10-21-9-7-12-3-1-2-4-15(12)19/h1-6,11,21H,7-10H2,(H,22,23). The third-order valence-electron chi connectivity index (χ3n) is 3.26. The van der Waals surface area contributed by atoms with Crippen LogP contribution in [0.15, 0.2) is 42.5 Å². The SMILES string of the molecule is O=C(CCNCCc1ccccc1F)Nc1ccc(F)c(Cl)c1. The average molecular weight is 339 g/mol. The van der Waals surface area contributed by atoms with Crippen molar-refractivity contribution < 1.29 is 13.6 Å². The molecule has 0 unspecified atom stereocenters. The first kappa shape index (κ1) is 17.4. The van der Waals surface area contributed by atoms with E-state index in [1.165, 1.54) is 24.3 Å². The molecule has 1 amide bonds. The van der Waals surface area contributed by atoms with Crippen LogP contribution in [0.5, 0.6) is 0 Å². The second-order valence-electron chi connectivity index (χ2n) is 5.02. The Balaban J connectivity index is 1.67. The lowest BCUT2D eigenvalue weighted by Crippen LogP contribution is -2.23. The maximum absolute atomic E-state index is 13.4. The summed E-state index contributed by atoms with van der Waals surface area (Å²) in [7, 11) is 0. The van der Waals surface area contributed by atoms with Gasteiger partial charge in [0.05, 0.1) is 5.02 Å². The Morgan fingerprint density at radius 1 is 1.04 bits per heavy atom. The Labute approximate surface area is 138 Å². The summed E-state index contributed by atoms with van der Waals surface area (Å²) in [6, 6.07) is 10.6. The summed E-state index contributed by atoms with van der Waals surface area (Å²) in [5.74, 6) is -0.953. The largest absolute Gasteiger partial charge is 0.326 e. The minimum absolute atomic E-state index is 0.0363. The summed E-state index contributed by atoms with van der Waals surface area (Å²) in [6.07, 6.45) is 0.814. The Bertz CT molecular complexity index is 679. The molecule has 122 valence electrons. The van der Waals surface area contributed by atoms with Crippen molar-refractivity contribution in [3.05, 3.63) is 64.7 Å². The summed E-state index contributed by atoms with van der Waals surface area (Å²) in [5, 5.41) is 5.69. The van der Waals surface area contributed by atoms with Gasteiger partial charge in [-0.3, -0.25) is 4.79 Å². The Morgan fingerprint density at radius 3 is 2.57 bits per heavy atom. The smallest absolute Gasteiger partial charge is 0.225 e. The zero-order chi connectivity index (χ0) is 16.7. The second-order valence-corrected chi connectivity index (χ2v) is 5.43. The van der Waals surface area contributed by atoms with Gasteiger partial charge in [0, 0.05) is 18.7 Å². The first-order valence-electron chi connectivity index (χ1n) is 7.25. The second kappa shape index (κ2) is 8.60. The van der Waals surface area contributed by atoms with Gasteiger partial charge in [-0.25, -0.2) is 8.78 Å². The highest BCUT2D eigenvalue weighted by molar-refractivity contribution is 6.31. The van der Waals surface area contributed by atoms with E-state index in [-0.39, 0.29) is 23.2 Å². The number of rotatable bonds is 7. The highest BCUT2D eigenvalue weighted by Crippen LogP contribution is 2.19. The van der Waals surface area contributed by atoms with E-state index >= 15 is 0 Å². The van der Waals surface area contributed by atoms with Crippen molar-refractivity contribution in [2.24, 2.45) is 0 Å². The number of carbonyl (C=O) groups excluding carboxylic acids is 1. The predicted molar refractivity (Wildman–Crippen MR) is 87.6 cm³/mol. The molecule has 0 aliphatic carbocycles. The van der Waals surface area contributed by atoms with Gasteiger partial charge in [-0.05, 0) is 42.8 Å². The molecule has 6 heteroatoms. The van der Waals surface area contributed by atoms with Gasteiger partial charge in [0.2, 0.25) is 5.91 Å². The summed E-state index contributed by atoms with van der Waals surface area (Å²) in [5.41, 5.74) is 1.10. The molecule has 2 rings (SSSR count). The quantitative estimate of drug-likeness (QED) is 0.754. The van der Waals surface area contributed by atoms with E-state index in [4.69, 9.17) is 11.6 Å². The average Bonchev–Trinajstić information content (AvgIpc) is 2.52. The maximum Gasteiger partial charge on any atom is 0.225 e. The molecule has 2 aromatic carbocycles. The summed E-state index contributed by atoms with van der Waals surface area (Å²) < 4.78 is 26.4. The van der Waals surface area contributed by atoms with E-state index in [9.17, 15) is 13.6 Å². The highest BCUT2D eigenvalue weighted by atomic mass is 35.5. The molecule has 0 aliphatic heterocycles. The first-order chi connectivity index (χ1) is 11.1. The molecule has 0 fully saturated rings. The Kier molecular flexibility index (Phi) is 6.50. The zero-order valence-corrected chi connectivity index (χ0v) is 13.2. The summed E-state index contributed by atoms with van der Waals surface area (Å²) in [6.45, 7) is 1.05. The highest BCUT2D eigenvalue weighted by Gasteiger charge is 2.05. The third-order valence-corrected chi connectivity index (χ3v) is 3.55. The van der Waals surface area contributed by atoms with Crippen LogP contribution in [-0.2, 0) is 11.2 Å². The fraction of sp³-hybridized carbons (Fsp3) is 0.235. The molecular weight excluding hydrogens is 322 g/mol. The number of hydrogen-bond donors (Lipinski definition) is 2. The van der Waals surface area contributed by atoms with Gasteiger partial charge < -0.3 is 10.6 Å². The van der Waals surface area contributed by atoms with E-state index < -0.39 is 5.82 Å². The molecule has 2 aromatic rings. The van der Waals surface area contributed by atoms with Crippen molar-refractivity contribution >= 4 is 23.2 Å². The number of hydrogen-bond acceptors (Lipinski definition) is 2. The minimum Gasteiger partial charge on any atom is -0.326 e. The van der Waals surface area contributed by atoms with E-state index in [2.05, 4.69) is 10.6 Å². The van der Waals surface area contributed by atoms with Crippen molar-refractivity contribution in [1.82, 2.24) is 5.32 Å². The van der Waals surface area contributed by atoms with Gasteiger partial charge in [-0.2, -0.15) is 0 Å². The molecule has 3 nitrogen and oxygen atoms in total. The van der Waals surface area contributed by atoms with Crippen LogP contribution >= 0.6 is 11.6 Å². The number of carbonyl (C=O) groups is 1. The van der Waals surface area contributed by atoms with Gasteiger partial charge in [-0.15, -0.1) is 0 Å².